The third-order valence-electron chi connectivity index (χ3n) is 3.48. The first-order chi connectivity index (χ1) is 10.6. The lowest BCUT2D eigenvalue weighted by atomic mass is 9.35. The standard InChI is InChI=1S/C12H8B9NO2/c1-9(13,14)8(22-11(17,18)19)10(15,16)5-2-3-6-7(4-5)24-12(20,21)23-6/h2-4,8,22H,1H3/t8-/m1/s1. The minimum Gasteiger partial charge on any atom is -0.468 e. The van der Waals surface area contributed by atoms with Crippen LogP contribution in [0.15, 0.2) is 18.2 Å². The van der Waals surface area contributed by atoms with E-state index in [9.17, 15) is 0 Å². The summed E-state index contributed by atoms with van der Waals surface area (Å²) in [7, 11) is 52.3. The Bertz CT molecular complexity index is 624. The molecule has 0 saturated heterocycles. The van der Waals surface area contributed by atoms with Gasteiger partial charge in [0, 0.05) is 0 Å². The van der Waals surface area contributed by atoms with E-state index in [1.807, 2.05) is 0 Å². The number of ether oxygens (including phenoxy) is 2. The lowest BCUT2D eigenvalue weighted by Gasteiger charge is -2.49. The van der Waals surface area contributed by atoms with Gasteiger partial charge in [0.15, 0.2) is 32.8 Å². The Morgan fingerprint density at radius 1 is 0.958 bits per heavy atom. The van der Waals surface area contributed by atoms with Crippen LogP contribution in [0, 0.1) is 0 Å². The maximum absolute atomic E-state index is 6.27. The highest BCUT2D eigenvalue weighted by Gasteiger charge is 2.40. The largest absolute Gasteiger partial charge is 0.468 e. The third-order valence-corrected chi connectivity index (χ3v) is 3.48. The molecule has 1 aliphatic heterocycles. The molecule has 18 radical (unpaired) electrons. The maximum atomic E-state index is 6.27. The van der Waals surface area contributed by atoms with Gasteiger partial charge in [-0.15, -0.1) is 0 Å². The molecule has 1 N–H and O–H groups in total. The highest BCUT2D eigenvalue weighted by atomic mass is 16.7. The molecule has 0 spiro atoms. The average Bonchev–Trinajstić information content (AvgIpc) is 2.66. The summed E-state index contributed by atoms with van der Waals surface area (Å²) in [5, 5.41) is -2.23. The van der Waals surface area contributed by atoms with Gasteiger partial charge in [0.2, 0.25) is 0 Å². The van der Waals surface area contributed by atoms with Crippen LogP contribution in [0.1, 0.15) is 12.5 Å². The van der Waals surface area contributed by atoms with E-state index >= 15 is 0 Å². The van der Waals surface area contributed by atoms with Gasteiger partial charge in [-0.2, -0.15) is 0 Å². The van der Waals surface area contributed by atoms with Crippen LogP contribution in [0.25, 0.3) is 0 Å². The number of hydrogen-bond acceptors (Lipinski definition) is 3. The molecular formula is C12H8B9NO2. The van der Waals surface area contributed by atoms with Gasteiger partial charge in [-0.1, -0.05) is 34.2 Å². The lowest BCUT2D eigenvalue weighted by Crippen LogP contribution is -2.64. The van der Waals surface area contributed by atoms with Gasteiger partial charge in [-0.3, -0.25) is 0 Å². The van der Waals surface area contributed by atoms with Gasteiger partial charge in [0.1, 0.15) is 0 Å². The van der Waals surface area contributed by atoms with Crippen LogP contribution >= 0.6 is 0 Å². The van der Waals surface area contributed by atoms with Gasteiger partial charge in [0.25, 0.3) is 0 Å². The zero-order chi connectivity index (χ0) is 18.6. The predicted octanol–water partition coefficient (Wildman–Crippen LogP) is -2.56. The molecule has 0 aliphatic carbocycles. The number of fused-ring (bicyclic) bond motifs is 1. The first kappa shape index (κ1) is 19.7. The average molecular weight is 296 g/mol. The molecule has 1 heterocycles. The predicted molar refractivity (Wildman–Crippen MR) is 102 cm³/mol. The lowest BCUT2D eigenvalue weighted by molar-refractivity contribution is 0.0833. The van der Waals surface area contributed by atoms with E-state index in [1.165, 1.54) is 13.0 Å². The van der Waals surface area contributed by atoms with Crippen LogP contribution in [-0.2, 0) is 5.21 Å². The molecule has 1 aliphatic rings. The van der Waals surface area contributed by atoms with Crippen LogP contribution in [0.4, 0.5) is 0 Å². The quantitative estimate of drug-likeness (QED) is 0.607. The minimum atomic E-state index is -1.81. The van der Waals surface area contributed by atoms with Crippen LogP contribution in [0.5, 0.6) is 11.5 Å². The Labute approximate surface area is 155 Å². The Hall–Kier alpha value is -0.636. The van der Waals surface area contributed by atoms with Gasteiger partial charge in [-0.05, 0) is 18.2 Å². The molecule has 1 aromatic rings. The van der Waals surface area contributed by atoms with E-state index in [-0.39, 0.29) is 5.75 Å². The molecule has 0 saturated carbocycles. The summed E-state index contributed by atoms with van der Waals surface area (Å²) in [5.74, 6) is 0.588. The summed E-state index contributed by atoms with van der Waals surface area (Å²) in [6.07, 6.45) is 0. The first-order valence-electron chi connectivity index (χ1n) is 7.02. The molecule has 0 bridgehead atoms. The minimum absolute atomic E-state index is 0.256. The summed E-state index contributed by atoms with van der Waals surface area (Å²) in [4.78, 5) is 0. The van der Waals surface area contributed by atoms with Crippen molar-refractivity contribution >= 4 is 70.6 Å². The molecule has 12 heteroatoms. The third kappa shape index (κ3) is 4.31. The fraction of sp³-hybridized carbons (Fsp3) is 0.500. The van der Waals surface area contributed by atoms with E-state index in [2.05, 4.69) is 5.32 Å². The Balaban J connectivity index is 2.41. The second kappa shape index (κ2) is 5.97. The van der Waals surface area contributed by atoms with Crippen molar-refractivity contribution in [2.24, 2.45) is 0 Å². The van der Waals surface area contributed by atoms with Crippen molar-refractivity contribution < 1.29 is 9.47 Å². The number of hydrogen-bond donors (Lipinski definition) is 1. The molecule has 3 nitrogen and oxygen atoms in total. The molecule has 0 unspecified atom stereocenters. The maximum Gasteiger partial charge on any atom is 0.175 e. The summed E-state index contributed by atoms with van der Waals surface area (Å²) < 4.78 is 10.5. The van der Waals surface area contributed by atoms with Crippen LogP contribution in [-0.4, -0.2) is 87.5 Å². The number of benzene rings is 1. The van der Waals surface area contributed by atoms with E-state index in [0.29, 0.717) is 11.3 Å². The molecule has 100 valence electrons. The van der Waals surface area contributed by atoms with Crippen molar-refractivity contribution in [3.8, 4) is 11.5 Å². The second-order valence-corrected chi connectivity index (χ2v) is 6.40. The summed E-state index contributed by atoms with van der Waals surface area (Å²) >= 11 is 0. The van der Waals surface area contributed by atoms with Crippen LogP contribution in [0.3, 0.4) is 0 Å². The fourth-order valence-corrected chi connectivity index (χ4v) is 2.51. The number of nitrogens with one attached hydrogen (secondary N) is 1. The molecule has 24 heavy (non-hydrogen) atoms. The first-order valence-corrected chi connectivity index (χ1v) is 7.02. The molecule has 0 amide bonds. The zero-order valence-corrected chi connectivity index (χ0v) is 13.3. The summed E-state index contributed by atoms with van der Waals surface area (Å²) in [6, 6.07) is 3.60. The normalized spacial score (nSPS) is 18.2. The van der Waals surface area contributed by atoms with Crippen molar-refractivity contribution in [1.29, 1.82) is 0 Å². The van der Waals surface area contributed by atoms with Gasteiger partial charge >= 0.3 is 0 Å². The summed E-state index contributed by atoms with van der Waals surface area (Å²) in [6.45, 7) is 1.49. The topological polar surface area (TPSA) is 30.5 Å². The van der Waals surface area contributed by atoms with E-state index in [1.54, 1.807) is 12.1 Å². The monoisotopic (exact) mass is 297 g/mol. The van der Waals surface area contributed by atoms with Crippen molar-refractivity contribution in [2.75, 3.05) is 0 Å². The smallest absolute Gasteiger partial charge is 0.175 e. The fourth-order valence-electron chi connectivity index (χ4n) is 2.51. The van der Waals surface area contributed by atoms with E-state index in [4.69, 9.17) is 80.1 Å². The molecule has 0 fully saturated rings. The van der Waals surface area contributed by atoms with Crippen molar-refractivity contribution in [3.05, 3.63) is 23.8 Å². The van der Waals surface area contributed by atoms with E-state index < -0.39 is 27.3 Å². The van der Waals surface area contributed by atoms with Crippen molar-refractivity contribution in [3.63, 3.8) is 0 Å². The van der Waals surface area contributed by atoms with Crippen LogP contribution in [0.2, 0.25) is 5.21 Å². The highest BCUT2D eigenvalue weighted by molar-refractivity contribution is 6.59. The second-order valence-electron chi connectivity index (χ2n) is 6.40. The Morgan fingerprint density at radius 2 is 1.50 bits per heavy atom. The van der Waals surface area contributed by atoms with Gasteiger partial charge in [0.05, 0.1) is 54.9 Å². The Morgan fingerprint density at radius 3 is 2.00 bits per heavy atom. The van der Waals surface area contributed by atoms with Crippen molar-refractivity contribution in [2.45, 2.75) is 34.2 Å². The van der Waals surface area contributed by atoms with Crippen LogP contribution < -0.4 is 14.8 Å². The summed E-state index contributed by atoms with van der Waals surface area (Å²) in [5.41, 5.74) is -1.40. The zero-order valence-electron chi connectivity index (χ0n) is 13.3. The van der Waals surface area contributed by atoms with E-state index in [0.717, 1.165) is 0 Å². The van der Waals surface area contributed by atoms with Gasteiger partial charge in [-0.25, -0.2) is 0 Å². The van der Waals surface area contributed by atoms with Gasteiger partial charge < -0.3 is 14.8 Å². The van der Waals surface area contributed by atoms with Crippen molar-refractivity contribution in [1.82, 2.24) is 5.32 Å². The number of rotatable bonds is 5. The Kier molecular flexibility index (Phi) is 4.89. The molecule has 1 aromatic carbocycles. The molecule has 1 atom stereocenters. The molecular weight excluding hydrogens is 287 g/mol. The SMILES string of the molecule is [B]C([B])([B])N[C@H](C([B])([B])C)C([B])([B])c1ccc2c(c1)OC([B])([B])O2. The molecule has 2 rings (SSSR count). The molecule has 0 aromatic heterocycles. The highest BCUT2D eigenvalue weighted by Crippen LogP contribution is 2.41.